The van der Waals surface area contributed by atoms with Crippen molar-refractivity contribution in [3.05, 3.63) is 59.7 Å². The number of aromatic nitrogens is 1. The van der Waals surface area contributed by atoms with Gasteiger partial charge in [0.2, 0.25) is 0 Å². The van der Waals surface area contributed by atoms with E-state index in [0.29, 0.717) is 24.1 Å². The number of nitrogens with two attached hydrogens (primary N) is 1. The van der Waals surface area contributed by atoms with Gasteiger partial charge in [0, 0.05) is 17.4 Å². The average molecular weight is 372 g/mol. The molecule has 1 amide bonds. The molecule has 0 radical (unpaired) electrons. The SMILES string of the molecule is NC1=N[C@@]2(c3cccc(NC(=O)c4ccc(F)cn4)c3)COC[C@H]2CS1. The van der Waals surface area contributed by atoms with E-state index in [0.717, 1.165) is 17.5 Å². The minimum Gasteiger partial charge on any atom is -0.379 e. The molecule has 2 aromatic rings. The summed E-state index contributed by atoms with van der Waals surface area (Å²) in [4.78, 5) is 20.8. The fourth-order valence-corrected chi connectivity index (χ4v) is 4.26. The van der Waals surface area contributed by atoms with Crippen molar-refractivity contribution in [2.75, 3.05) is 24.3 Å². The number of pyridine rings is 1. The van der Waals surface area contributed by atoms with Crippen LogP contribution < -0.4 is 11.1 Å². The lowest BCUT2D eigenvalue weighted by Crippen LogP contribution is -2.39. The van der Waals surface area contributed by atoms with Crippen molar-refractivity contribution in [2.45, 2.75) is 5.54 Å². The molecule has 6 nitrogen and oxygen atoms in total. The standard InChI is InChI=1S/C18H17FN4O2S/c19-13-4-5-15(21-7-13)16(24)22-14-3-1-2-11(6-14)18-10-25-8-12(18)9-26-17(20)23-18/h1-7,12H,8-10H2,(H2,20,23)(H,22,24)/t12-,18+/m0/s1. The molecule has 3 heterocycles. The second-order valence-electron chi connectivity index (χ2n) is 6.29. The number of amides is 1. The van der Waals surface area contributed by atoms with Gasteiger partial charge >= 0.3 is 0 Å². The highest BCUT2D eigenvalue weighted by Crippen LogP contribution is 2.44. The van der Waals surface area contributed by atoms with Gasteiger partial charge in [-0.1, -0.05) is 23.9 Å². The summed E-state index contributed by atoms with van der Waals surface area (Å²) in [6.07, 6.45) is 1.02. The predicted octanol–water partition coefficient (Wildman–Crippen LogP) is 2.38. The van der Waals surface area contributed by atoms with Crippen molar-refractivity contribution in [2.24, 2.45) is 16.6 Å². The molecule has 2 aliphatic heterocycles. The van der Waals surface area contributed by atoms with E-state index in [4.69, 9.17) is 15.5 Å². The lowest BCUT2D eigenvalue weighted by molar-refractivity contribution is 0.102. The van der Waals surface area contributed by atoms with E-state index in [1.165, 1.54) is 12.1 Å². The zero-order chi connectivity index (χ0) is 18.1. The number of ether oxygens (including phenoxy) is 1. The van der Waals surface area contributed by atoms with E-state index in [9.17, 15) is 9.18 Å². The number of nitrogens with zero attached hydrogens (tertiary/aromatic N) is 2. The smallest absolute Gasteiger partial charge is 0.274 e. The fourth-order valence-electron chi connectivity index (χ4n) is 3.29. The summed E-state index contributed by atoms with van der Waals surface area (Å²) >= 11 is 1.54. The number of amidine groups is 1. The summed E-state index contributed by atoms with van der Waals surface area (Å²) < 4.78 is 18.7. The molecule has 4 rings (SSSR count). The van der Waals surface area contributed by atoms with Gasteiger partial charge in [-0.2, -0.15) is 0 Å². The topological polar surface area (TPSA) is 89.6 Å². The average Bonchev–Trinajstić information content (AvgIpc) is 3.06. The summed E-state index contributed by atoms with van der Waals surface area (Å²) in [5.74, 6) is 0.206. The molecule has 0 aliphatic carbocycles. The van der Waals surface area contributed by atoms with Crippen LogP contribution >= 0.6 is 11.8 Å². The van der Waals surface area contributed by atoms with Gasteiger partial charge in [0.05, 0.1) is 19.4 Å². The minimum atomic E-state index is -0.510. The van der Waals surface area contributed by atoms with Crippen LogP contribution in [0.3, 0.4) is 0 Å². The number of carbonyl (C=O) groups is 1. The number of hydrogen-bond donors (Lipinski definition) is 2. The molecule has 134 valence electrons. The van der Waals surface area contributed by atoms with E-state index in [2.05, 4.69) is 10.3 Å². The minimum absolute atomic E-state index is 0.147. The number of halogens is 1. The van der Waals surface area contributed by atoms with Crippen LogP contribution in [0.1, 0.15) is 16.1 Å². The van der Waals surface area contributed by atoms with E-state index in [-0.39, 0.29) is 11.6 Å². The predicted molar refractivity (Wildman–Crippen MR) is 98.7 cm³/mol. The van der Waals surface area contributed by atoms with E-state index < -0.39 is 17.3 Å². The monoisotopic (exact) mass is 372 g/mol. The van der Waals surface area contributed by atoms with Gasteiger partial charge in [-0.15, -0.1) is 0 Å². The Hall–Kier alpha value is -2.45. The molecular formula is C18H17FN4O2S. The third-order valence-corrected chi connectivity index (χ3v) is 5.60. The number of benzene rings is 1. The maximum atomic E-state index is 13.0. The molecule has 1 saturated heterocycles. The number of thioether (sulfide) groups is 1. The van der Waals surface area contributed by atoms with Crippen LogP contribution in [-0.4, -0.2) is 35.0 Å². The molecule has 0 saturated carbocycles. The van der Waals surface area contributed by atoms with Crippen molar-refractivity contribution in [1.82, 2.24) is 4.98 Å². The largest absolute Gasteiger partial charge is 0.379 e. The third-order valence-electron chi connectivity index (χ3n) is 4.64. The van der Waals surface area contributed by atoms with Gasteiger partial charge in [-0.05, 0) is 29.8 Å². The first-order valence-electron chi connectivity index (χ1n) is 8.16. The summed E-state index contributed by atoms with van der Waals surface area (Å²) in [5, 5.41) is 3.35. The van der Waals surface area contributed by atoms with Gasteiger partial charge in [-0.25, -0.2) is 14.4 Å². The van der Waals surface area contributed by atoms with E-state index in [1.807, 2.05) is 18.2 Å². The van der Waals surface area contributed by atoms with Gasteiger partial charge in [0.15, 0.2) is 5.17 Å². The molecule has 1 aromatic carbocycles. The molecule has 8 heteroatoms. The lowest BCUT2D eigenvalue weighted by Gasteiger charge is -2.34. The zero-order valence-corrected chi connectivity index (χ0v) is 14.6. The second kappa shape index (κ2) is 6.69. The highest BCUT2D eigenvalue weighted by atomic mass is 32.2. The van der Waals surface area contributed by atoms with Crippen LogP contribution in [-0.2, 0) is 10.3 Å². The molecular weight excluding hydrogens is 355 g/mol. The van der Waals surface area contributed by atoms with Crippen molar-refractivity contribution >= 4 is 28.5 Å². The van der Waals surface area contributed by atoms with Crippen LogP contribution in [0.15, 0.2) is 47.6 Å². The van der Waals surface area contributed by atoms with Crippen LogP contribution in [0.2, 0.25) is 0 Å². The molecule has 1 fully saturated rings. The van der Waals surface area contributed by atoms with Crippen molar-refractivity contribution in [3.8, 4) is 0 Å². The maximum absolute atomic E-state index is 13.0. The van der Waals surface area contributed by atoms with Gasteiger partial charge in [0.1, 0.15) is 17.1 Å². The number of rotatable bonds is 3. The highest BCUT2D eigenvalue weighted by molar-refractivity contribution is 8.13. The number of hydrogen-bond acceptors (Lipinski definition) is 6. The maximum Gasteiger partial charge on any atom is 0.274 e. The number of nitrogens with one attached hydrogen (secondary N) is 1. The number of aliphatic imine (C=N–C) groups is 1. The Morgan fingerprint density at radius 2 is 2.27 bits per heavy atom. The van der Waals surface area contributed by atoms with Crippen LogP contribution in [0, 0.1) is 11.7 Å². The first-order valence-corrected chi connectivity index (χ1v) is 9.15. The lowest BCUT2D eigenvalue weighted by atomic mass is 9.81. The van der Waals surface area contributed by atoms with Crippen molar-refractivity contribution in [3.63, 3.8) is 0 Å². The number of anilines is 1. The Morgan fingerprint density at radius 1 is 1.38 bits per heavy atom. The normalized spacial score (nSPS) is 24.7. The quantitative estimate of drug-likeness (QED) is 0.863. The number of carbonyl (C=O) groups excluding carboxylic acids is 1. The van der Waals surface area contributed by atoms with Crippen molar-refractivity contribution in [1.29, 1.82) is 0 Å². The van der Waals surface area contributed by atoms with Gasteiger partial charge < -0.3 is 15.8 Å². The van der Waals surface area contributed by atoms with Gasteiger partial charge in [-0.3, -0.25) is 4.79 Å². The van der Waals surface area contributed by atoms with Crippen molar-refractivity contribution < 1.29 is 13.9 Å². The molecule has 0 spiro atoms. The van der Waals surface area contributed by atoms with Crippen LogP contribution in [0.5, 0.6) is 0 Å². The third kappa shape index (κ3) is 3.06. The molecule has 0 bridgehead atoms. The fraction of sp³-hybridized carbons (Fsp3) is 0.278. The summed E-state index contributed by atoms with van der Waals surface area (Å²) in [6, 6.07) is 10.1. The molecule has 2 aliphatic rings. The summed E-state index contributed by atoms with van der Waals surface area (Å²) in [5.41, 5.74) is 7.17. The Kier molecular flexibility index (Phi) is 4.37. The molecule has 26 heavy (non-hydrogen) atoms. The summed E-state index contributed by atoms with van der Waals surface area (Å²) in [7, 11) is 0. The van der Waals surface area contributed by atoms with E-state index in [1.54, 1.807) is 17.8 Å². The Labute approximate surface area is 154 Å². The van der Waals surface area contributed by atoms with E-state index >= 15 is 0 Å². The Bertz CT molecular complexity index is 874. The molecule has 2 atom stereocenters. The Balaban J connectivity index is 1.62. The van der Waals surface area contributed by atoms with Gasteiger partial charge in [0.25, 0.3) is 5.91 Å². The molecule has 3 N–H and O–H groups in total. The first kappa shape index (κ1) is 17.0. The highest BCUT2D eigenvalue weighted by Gasteiger charge is 2.47. The summed E-state index contributed by atoms with van der Waals surface area (Å²) in [6.45, 7) is 1.11. The first-order chi connectivity index (χ1) is 12.6. The Morgan fingerprint density at radius 3 is 3.08 bits per heavy atom. The molecule has 1 aromatic heterocycles. The van der Waals surface area contributed by atoms with Crippen LogP contribution in [0.25, 0.3) is 0 Å². The zero-order valence-electron chi connectivity index (χ0n) is 13.8. The van der Waals surface area contributed by atoms with Crippen LogP contribution in [0.4, 0.5) is 10.1 Å². The number of fused-ring (bicyclic) bond motifs is 1. The second-order valence-corrected chi connectivity index (χ2v) is 7.33. The molecule has 0 unspecified atom stereocenters.